The van der Waals surface area contributed by atoms with Crippen LogP contribution in [0.15, 0.2) is 42.6 Å². The van der Waals surface area contributed by atoms with Gasteiger partial charge in [0.25, 0.3) is 5.91 Å². The van der Waals surface area contributed by atoms with Crippen LogP contribution < -0.4 is 30.1 Å². The van der Waals surface area contributed by atoms with Crippen molar-refractivity contribution in [1.82, 2.24) is 30.6 Å². The average molecular weight is 770 g/mol. The standard InChI is InChI=1S/C39H54N6O8S/c1-23-12-8-9-13-25-20-39(25,35(48)44-54(50,51)38(6)16-17-38)42-32(46)29-19-26(53-33-28-15-11-10-14-27(28)30(52-7)21-40-33)22-45(29)34(47)31(24(2)18-23)41-36(49)43-37(3,4)5/h9-11,13-15,21,23-26,29,31H,8,12,16-20,22H2,1-7H3,(H,42,46)(H,44,48)(H2,41,43,49)/b13-9-/t23-,24-,25-,26-,29+,31+,39-/m1/s1/i7D3. The van der Waals surface area contributed by atoms with Crippen LogP contribution in [0.5, 0.6) is 11.6 Å². The molecule has 1 aromatic heterocycles. The van der Waals surface area contributed by atoms with Gasteiger partial charge in [0.05, 0.1) is 28.6 Å². The first-order valence-electron chi connectivity index (χ1n) is 20.2. The van der Waals surface area contributed by atoms with Gasteiger partial charge in [-0.2, -0.15) is 0 Å². The molecule has 294 valence electrons. The molecule has 0 spiro atoms. The highest BCUT2D eigenvalue weighted by Gasteiger charge is 2.63. The minimum atomic E-state index is -4.03. The van der Waals surface area contributed by atoms with Crippen LogP contribution in [0.3, 0.4) is 0 Å². The molecule has 4 aliphatic rings. The largest absolute Gasteiger partial charge is 0.494 e. The van der Waals surface area contributed by atoms with Crippen LogP contribution in [0.25, 0.3) is 10.8 Å². The van der Waals surface area contributed by atoms with E-state index in [1.54, 1.807) is 31.2 Å². The summed E-state index contributed by atoms with van der Waals surface area (Å²) in [4.78, 5) is 62.3. The molecule has 1 saturated heterocycles. The van der Waals surface area contributed by atoms with Crippen molar-refractivity contribution in [2.75, 3.05) is 13.6 Å². The number of methoxy groups -OCH3 is 1. The van der Waals surface area contributed by atoms with Crippen molar-refractivity contribution in [1.29, 1.82) is 0 Å². The monoisotopic (exact) mass is 769 g/mol. The quantitative estimate of drug-likeness (QED) is 0.303. The number of hydrogen-bond donors (Lipinski definition) is 4. The fraction of sp³-hybridized carbons (Fsp3) is 0.615. The zero-order valence-electron chi connectivity index (χ0n) is 34.7. The summed E-state index contributed by atoms with van der Waals surface area (Å²) < 4.78 is 61.9. The number of fused-ring (bicyclic) bond motifs is 3. The van der Waals surface area contributed by atoms with Crippen molar-refractivity contribution in [3.8, 4) is 11.6 Å². The first kappa shape index (κ1) is 35.3. The number of carbonyl (C=O) groups excluding carboxylic acids is 4. The van der Waals surface area contributed by atoms with Crippen molar-refractivity contribution in [3.05, 3.63) is 42.6 Å². The number of nitrogens with zero attached hydrogens (tertiary/aromatic N) is 2. The molecule has 1 aromatic carbocycles. The van der Waals surface area contributed by atoms with Gasteiger partial charge in [-0.15, -0.1) is 0 Å². The number of hydrogen-bond acceptors (Lipinski definition) is 9. The maximum atomic E-state index is 14.8. The number of amides is 5. The van der Waals surface area contributed by atoms with E-state index < -0.39 is 80.7 Å². The second kappa shape index (κ2) is 14.7. The third-order valence-electron chi connectivity index (χ3n) is 11.1. The molecule has 0 bridgehead atoms. The highest BCUT2D eigenvalue weighted by Crippen LogP contribution is 2.47. The third-order valence-corrected chi connectivity index (χ3v) is 13.3. The molecule has 2 aliphatic carbocycles. The van der Waals surface area contributed by atoms with E-state index in [4.69, 9.17) is 13.6 Å². The van der Waals surface area contributed by atoms with Gasteiger partial charge < -0.3 is 30.3 Å². The number of allylic oxidation sites excluding steroid dienone is 1. The number of benzene rings is 1. The Bertz CT molecular complexity index is 2050. The molecule has 0 unspecified atom stereocenters. The Morgan fingerprint density at radius 2 is 1.83 bits per heavy atom. The van der Waals surface area contributed by atoms with Gasteiger partial charge >= 0.3 is 6.03 Å². The lowest BCUT2D eigenvalue weighted by Crippen LogP contribution is -2.60. The van der Waals surface area contributed by atoms with Crippen LogP contribution in [0, 0.1) is 17.8 Å². The second-order valence-corrected chi connectivity index (χ2v) is 19.1. The van der Waals surface area contributed by atoms with E-state index in [9.17, 15) is 27.6 Å². The maximum absolute atomic E-state index is 14.8. The molecular weight excluding hydrogens is 713 g/mol. The van der Waals surface area contributed by atoms with Gasteiger partial charge in [-0.3, -0.25) is 19.1 Å². The van der Waals surface area contributed by atoms with Crippen molar-refractivity contribution >= 4 is 44.5 Å². The summed E-state index contributed by atoms with van der Waals surface area (Å²) in [5.74, 6) is -2.60. The van der Waals surface area contributed by atoms with Crippen molar-refractivity contribution in [3.63, 3.8) is 0 Å². The van der Waals surface area contributed by atoms with E-state index >= 15 is 0 Å². The van der Waals surface area contributed by atoms with Crippen molar-refractivity contribution in [2.45, 2.75) is 121 Å². The van der Waals surface area contributed by atoms with Crippen LogP contribution >= 0.6 is 0 Å². The fourth-order valence-corrected chi connectivity index (χ4v) is 8.90. The number of sulfonamides is 1. The summed E-state index contributed by atoms with van der Waals surface area (Å²) in [7, 11) is -6.76. The van der Waals surface area contributed by atoms with Crippen LogP contribution in [0.1, 0.15) is 90.6 Å². The normalized spacial score (nSPS) is 31.4. The molecular formula is C39H54N6O8S. The molecule has 5 amide bonds. The molecule has 54 heavy (non-hydrogen) atoms. The summed E-state index contributed by atoms with van der Waals surface area (Å²) in [6.07, 6.45) is 7.16. The number of carbonyl (C=O) groups is 4. The number of nitrogens with one attached hydrogen (secondary N) is 4. The SMILES string of the molecule is [2H]C([2H])([2H])Oc1cnc(O[C@@H]2C[C@H]3C(=O)N[C@]4(C(=O)NS(=O)(=O)C5(C)CC5)C[C@H]4/C=C\CC[C@@H](C)C[C@@H](C)[C@H](NC(=O)NC(C)(C)C)C(=O)N3C2)c2ccccc12. The molecule has 0 radical (unpaired) electrons. The smallest absolute Gasteiger partial charge is 0.315 e. The Hall–Kier alpha value is -4.40. The Labute approximate surface area is 321 Å². The summed E-state index contributed by atoms with van der Waals surface area (Å²) in [5, 5.41) is 9.48. The Balaban J connectivity index is 1.35. The van der Waals surface area contributed by atoms with E-state index in [1.165, 1.54) is 11.1 Å². The van der Waals surface area contributed by atoms with Gasteiger partial charge in [-0.1, -0.05) is 44.2 Å². The first-order valence-corrected chi connectivity index (χ1v) is 20.2. The number of aromatic nitrogens is 1. The maximum Gasteiger partial charge on any atom is 0.315 e. The fourth-order valence-electron chi connectivity index (χ4n) is 7.59. The topological polar surface area (TPSA) is 185 Å². The predicted molar refractivity (Wildman–Crippen MR) is 203 cm³/mol. The third kappa shape index (κ3) is 8.15. The van der Waals surface area contributed by atoms with Gasteiger partial charge in [-0.25, -0.2) is 18.2 Å². The molecule has 3 fully saturated rings. The van der Waals surface area contributed by atoms with E-state index in [0.717, 1.165) is 6.42 Å². The highest BCUT2D eigenvalue weighted by molar-refractivity contribution is 7.91. The Kier molecular flexibility index (Phi) is 9.60. The van der Waals surface area contributed by atoms with Gasteiger partial charge in [0.1, 0.15) is 29.5 Å². The summed E-state index contributed by atoms with van der Waals surface area (Å²) in [6.45, 7) is 10.9. The molecule has 7 atom stereocenters. The lowest BCUT2D eigenvalue weighted by atomic mass is 9.88. The second-order valence-electron chi connectivity index (χ2n) is 16.9. The van der Waals surface area contributed by atoms with E-state index in [2.05, 4.69) is 32.6 Å². The van der Waals surface area contributed by atoms with Crippen molar-refractivity contribution in [2.24, 2.45) is 17.8 Å². The van der Waals surface area contributed by atoms with E-state index in [-0.39, 0.29) is 42.9 Å². The van der Waals surface area contributed by atoms with Crippen LogP contribution in [0.4, 0.5) is 4.79 Å². The highest BCUT2D eigenvalue weighted by atomic mass is 32.2. The van der Waals surface area contributed by atoms with Gasteiger partial charge in [-0.05, 0) is 84.1 Å². The summed E-state index contributed by atoms with van der Waals surface area (Å²) in [5.41, 5.74) is -2.18. The van der Waals surface area contributed by atoms with Gasteiger partial charge in [0.2, 0.25) is 27.7 Å². The van der Waals surface area contributed by atoms with Crippen LogP contribution in [-0.2, 0) is 24.4 Å². The summed E-state index contributed by atoms with van der Waals surface area (Å²) in [6, 6.07) is 4.00. The minimum Gasteiger partial charge on any atom is -0.494 e. The van der Waals surface area contributed by atoms with Gasteiger partial charge in [0, 0.05) is 28.7 Å². The molecule has 4 N–H and O–H groups in total. The molecule has 3 heterocycles. The zero-order chi connectivity index (χ0) is 41.7. The van der Waals surface area contributed by atoms with Crippen LogP contribution in [0.2, 0.25) is 0 Å². The average Bonchev–Trinajstić information content (AvgIpc) is 3.98. The van der Waals surface area contributed by atoms with Gasteiger partial charge in [0.15, 0.2) is 0 Å². The lowest BCUT2D eigenvalue weighted by molar-refractivity contribution is -0.142. The summed E-state index contributed by atoms with van der Waals surface area (Å²) >= 11 is 0. The molecule has 2 aromatic rings. The molecule has 2 aliphatic heterocycles. The van der Waals surface area contributed by atoms with E-state index in [1.807, 2.05) is 39.8 Å². The Morgan fingerprint density at radius 1 is 1.11 bits per heavy atom. The molecule has 6 rings (SSSR count). The number of urea groups is 1. The Morgan fingerprint density at radius 3 is 2.52 bits per heavy atom. The predicted octanol–water partition coefficient (Wildman–Crippen LogP) is 3.94. The van der Waals surface area contributed by atoms with Crippen LogP contribution in [-0.4, -0.2) is 89.6 Å². The lowest BCUT2D eigenvalue weighted by Gasteiger charge is -2.33. The minimum absolute atomic E-state index is 0.0200. The number of rotatable bonds is 7. The molecule has 2 saturated carbocycles. The molecule has 15 heteroatoms. The zero-order valence-corrected chi connectivity index (χ0v) is 32.5. The van der Waals surface area contributed by atoms with Crippen molar-refractivity contribution < 1.29 is 41.2 Å². The number of ether oxygens (including phenoxy) is 2. The number of pyridine rings is 1. The molecule has 14 nitrogen and oxygen atoms in total. The van der Waals surface area contributed by atoms with E-state index in [0.29, 0.717) is 36.5 Å². The first-order chi connectivity index (χ1) is 26.5.